The first-order valence-corrected chi connectivity index (χ1v) is 12.0. The van der Waals surface area contributed by atoms with Gasteiger partial charge >= 0.3 is 0 Å². The highest BCUT2D eigenvalue weighted by atomic mass is 32.2. The number of nitrogens with one attached hydrogen (secondary N) is 1. The van der Waals surface area contributed by atoms with Crippen molar-refractivity contribution in [2.24, 2.45) is 0 Å². The molecular formula is C22H26N4O3S2. The van der Waals surface area contributed by atoms with Crippen LogP contribution in [-0.2, 0) is 14.8 Å². The molecule has 0 fully saturated rings. The number of aromatic nitrogens is 2. The Morgan fingerprint density at radius 2 is 1.81 bits per heavy atom. The molecule has 164 valence electrons. The van der Waals surface area contributed by atoms with Crippen LogP contribution in [0, 0.1) is 13.8 Å². The second-order valence-corrected chi connectivity index (χ2v) is 11.0. The summed E-state index contributed by atoms with van der Waals surface area (Å²) in [6.07, 6.45) is 3.58. The number of carbonyl (C=O) groups excluding carboxylic acids is 1. The molecule has 7 nitrogen and oxygen atoms in total. The fourth-order valence-corrected chi connectivity index (χ4v) is 4.90. The van der Waals surface area contributed by atoms with Crippen LogP contribution in [0.5, 0.6) is 0 Å². The highest BCUT2D eigenvalue weighted by molar-refractivity contribution is 8.00. The number of benzene rings is 2. The molecule has 1 amide bonds. The third-order valence-corrected chi connectivity index (χ3v) is 7.51. The first-order valence-electron chi connectivity index (χ1n) is 9.70. The van der Waals surface area contributed by atoms with Crippen molar-refractivity contribution in [2.75, 3.05) is 19.4 Å². The minimum atomic E-state index is -3.58. The van der Waals surface area contributed by atoms with Gasteiger partial charge in [0, 0.05) is 37.9 Å². The van der Waals surface area contributed by atoms with Crippen molar-refractivity contribution >= 4 is 33.4 Å². The summed E-state index contributed by atoms with van der Waals surface area (Å²) in [5.74, 6) is -0.237. The molecule has 0 saturated carbocycles. The highest BCUT2D eigenvalue weighted by Crippen LogP contribution is 2.27. The zero-order valence-electron chi connectivity index (χ0n) is 18.2. The van der Waals surface area contributed by atoms with Gasteiger partial charge in [0.2, 0.25) is 15.9 Å². The number of aryl methyl sites for hydroxylation is 2. The number of nitrogens with zero attached hydrogens (tertiary/aromatic N) is 3. The number of sulfonamides is 1. The Labute approximate surface area is 187 Å². The second kappa shape index (κ2) is 9.25. The van der Waals surface area contributed by atoms with Crippen molar-refractivity contribution < 1.29 is 13.2 Å². The molecule has 0 aliphatic carbocycles. The number of hydrogen-bond acceptors (Lipinski definition) is 5. The molecule has 0 radical (unpaired) electrons. The number of amides is 1. The van der Waals surface area contributed by atoms with E-state index < -0.39 is 15.3 Å². The third kappa shape index (κ3) is 5.36. The largest absolute Gasteiger partial charge is 0.325 e. The second-order valence-electron chi connectivity index (χ2n) is 7.49. The highest BCUT2D eigenvalue weighted by Gasteiger charge is 2.20. The lowest BCUT2D eigenvalue weighted by atomic mass is 10.1. The molecule has 1 N–H and O–H groups in total. The summed E-state index contributed by atoms with van der Waals surface area (Å²) in [6.45, 7) is 5.88. The maximum Gasteiger partial charge on any atom is 0.242 e. The third-order valence-electron chi connectivity index (χ3n) is 4.62. The number of imidazole rings is 1. The maximum absolute atomic E-state index is 12.8. The molecule has 3 aromatic rings. The van der Waals surface area contributed by atoms with Crippen molar-refractivity contribution in [1.29, 1.82) is 0 Å². The fourth-order valence-electron chi connectivity index (χ4n) is 3.06. The molecule has 1 unspecified atom stereocenters. The predicted octanol–water partition coefficient (Wildman–Crippen LogP) is 3.86. The molecule has 2 aromatic carbocycles. The lowest BCUT2D eigenvalue weighted by Crippen LogP contribution is -2.24. The number of carbonyl (C=O) groups is 1. The minimum absolute atomic E-state index is 0.126. The van der Waals surface area contributed by atoms with Gasteiger partial charge < -0.3 is 5.32 Å². The van der Waals surface area contributed by atoms with E-state index in [0.29, 0.717) is 10.8 Å². The van der Waals surface area contributed by atoms with Crippen molar-refractivity contribution in [2.45, 2.75) is 36.1 Å². The molecule has 1 heterocycles. The van der Waals surface area contributed by atoms with Gasteiger partial charge in [-0.15, -0.1) is 0 Å². The van der Waals surface area contributed by atoms with Crippen LogP contribution in [0.15, 0.2) is 64.9 Å². The van der Waals surface area contributed by atoms with Crippen LogP contribution in [0.4, 0.5) is 5.69 Å². The Morgan fingerprint density at radius 3 is 2.45 bits per heavy atom. The predicted molar refractivity (Wildman–Crippen MR) is 124 cm³/mol. The summed E-state index contributed by atoms with van der Waals surface area (Å²) in [6, 6.07) is 12.5. The fraction of sp³-hybridized carbons (Fsp3) is 0.273. The van der Waals surface area contributed by atoms with Gasteiger partial charge in [0.15, 0.2) is 5.16 Å². The Balaban J connectivity index is 1.75. The molecule has 0 aliphatic rings. The van der Waals surface area contributed by atoms with Gasteiger partial charge in [-0.3, -0.25) is 9.36 Å². The monoisotopic (exact) mass is 458 g/mol. The quantitative estimate of drug-likeness (QED) is 0.544. The number of rotatable bonds is 7. The van der Waals surface area contributed by atoms with E-state index in [0.717, 1.165) is 21.1 Å². The molecule has 0 aliphatic heterocycles. The first-order chi connectivity index (χ1) is 14.6. The molecule has 0 saturated heterocycles. The maximum atomic E-state index is 12.8. The zero-order valence-corrected chi connectivity index (χ0v) is 19.8. The molecule has 31 heavy (non-hydrogen) atoms. The van der Waals surface area contributed by atoms with Gasteiger partial charge in [-0.1, -0.05) is 23.9 Å². The van der Waals surface area contributed by atoms with Gasteiger partial charge in [0.1, 0.15) is 0 Å². The summed E-state index contributed by atoms with van der Waals surface area (Å²) < 4.78 is 27.8. The summed E-state index contributed by atoms with van der Waals surface area (Å²) in [5, 5.41) is 3.07. The van der Waals surface area contributed by atoms with Crippen LogP contribution in [-0.4, -0.2) is 47.5 Å². The molecule has 1 aromatic heterocycles. The molecule has 1 atom stereocenters. The van der Waals surface area contributed by atoms with Gasteiger partial charge in [-0.05, 0) is 62.2 Å². The summed E-state index contributed by atoms with van der Waals surface area (Å²) in [5.41, 5.74) is 3.72. The van der Waals surface area contributed by atoms with E-state index in [1.54, 1.807) is 25.3 Å². The standard InChI is InChI=1S/C22H26N4O3S2/c1-15-11-16(2)13-19(12-15)26-10-9-23-22(26)30-17(3)21(27)24-18-7-6-8-20(14-18)31(28,29)25(4)5/h6-14,17H,1-5H3,(H,24,27). The normalized spacial score (nSPS) is 12.7. The summed E-state index contributed by atoms with van der Waals surface area (Å²) >= 11 is 1.34. The van der Waals surface area contributed by atoms with Crippen molar-refractivity contribution in [3.8, 4) is 5.69 Å². The molecule has 9 heteroatoms. The Bertz CT molecular complexity index is 1180. The summed E-state index contributed by atoms with van der Waals surface area (Å²) in [4.78, 5) is 17.3. The van der Waals surface area contributed by atoms with E-state index in [4.69, 9.17) is 0 Å². The average Bonchev–Trinajstić information content (AvgIpc) is 3.15. The van der Waals surface area contributed by atoms with Crippen molar-refractivity contribution in [3.63, 3.8) is 0 Å². The van der Waals surface area contributed by atoms with Crippen LogP contribution < -0.4 is 5.32 Å². The van der Waals surface area contributed by atoms with Crippen LogP contribution in [0.1, 0.15) is 18.1 Å². The zero-order chi connectivity index (χ0) is 22.8. The van der Waals surface area contributed by atoms with E-state index in [2.05, 4.69) is 28.5 Å². The van der Waals surface area contributed by atoms with Crippen LogP contribution in [0.25, 0.3) is 5.69 Å². The SMILES string of the molecule is Cc1cc(C)cc(-n2ccnc2SC(C)C(=O)Nc2cccc(S(=O)(=O)N(C)C)c2)c1. The lowest BCUT2D eigenvalue weighted by Gasteiger charge is -2.15. The topological polar surface area (TPSA) is 84.3 Å². The van der Waals surface area contributed by atoms with E-state index in [-0.39, 0.29) is 10.8 Å². The van der Waals surface area contributed by atoms with Gasteiger partial charge in [0.25, 0.3) is 0 Å². The minimum Gasteiger partial charge on any atom is -0.325 e. The van der Waals surface area contributed by atoms with E-state index in [9.17, 15) is 13.2 Å². The number of hydrogen-bond donors (Lipinski definition) is 1. The molecular weight excluding hydrogens is 432 g/mol. The Hall–Kier alpha value is -2.62. The number of thioether (sulfide) groups is 1. The molecule has 0 spiro atoms. The van der Waals surface area contributed by atoms with Crippen LogP contribution >= 0.6 is 11.8 Å². The lowest BCUT2D eigenvalue weighted by molar-refractivity contribution is -0.115. The van der Waals surface area contributed by atoms with Crippen molar-refractivity contribution in [1.82, 2.24) is 13.9 Å². The van der Waals surface area contributed by atoms with Crippen molar-refractivity contribution in [3.05, 3.63) is 66.0 Å². The average molecular weight is 459 g/mol. The van der Waals surface area contributed by atoms with Crippen LogP contribution in [0.3, 0.4) is 0 Å². The smallest absolute Gasteiger partial charge is 0.242 e. The van der Waals surface area contributed by atoms with Crippen LogP contribution in [0.2, 0.25) is 0 Å². The molecule has 3 rings (SSSR count). The van der Waals surface area contributed by atoms with E-state index in [1.807, 2.05) is 24.6 Å². The van der Waals surface area contributed by atoms with Gasteiger partial charge in [0.05, 0.1) is 10.1 Å². The molecule has 0 bridgehead atoms. The first kappa shape index (κ1) is 23.1. The van der Waals surface area contributed by atoms with E-state index in [1.165, 1.54) is 38.0 Å². The Morgan fingerprint density at radius 1 is 1.13 bits per heavy atom. The van der Waals surface area contributed by atoms with Gasteiger partial charge in [-0.2, -0.15) is 0 Å². The van der Waals surface area contributed by atoms with E-state index >= 15 is 0 Å². The Kier molecular flexibility index (Phi) is 6.88. The summed E-state index contributed by atoms with van der Waals surface area (Å²) in [7, 11) is -0.638. The number of anilines is 1. The van der Waals surface area contributed by atoms with Gasteiger partial charge in [-0.25, -0.2) is 17.7 Å².